The van der Waals surface area contributed by atoms with Gasteiger partial charge in [0.1, 0.15) is 6.04 Å². The molecule has 3 saturated heterocycles. The first-order chi connectivity index (χ1) is 21.3. The van der Waals surface area contributed by atoms with Gasteiger partial charge in [-0.25, -0.2) is 0 Å². The second-order valence-electron chi connectivity index (χ2n) is 12.7. The highest BCUT2D eigenvalue weighted by atomic mass is 32.2. The Balaban J connectivity index is 1.55. The fraction of sp³-hybridized carbons (Fsp3) is 0.528. The first-order valence-corrected chi connectivity index (χ1v) is 17.0. The van der Waals surface area contributed by atoms with Crippen molar-refractivity contribution in [3.05, 3.63) is 67.8 Å². The highest BCUT2D eigenvalue weighted by molar-refractivity contribution is 8.02. The molecule has 0 aromatic heterocycles. The molecule has 236 valence electrons. The minimum absolute atomic E-state index is 0.00940. The third kappa shape index (κ3) is 5.60. The Labute approximate surface area is 266 Å². The second-order valence-corrected chi connectivity index (χ2v) is 14.6. The van der Waals surface area contributed by atoms with E-state index in [1.807, 2.05) is 46.2 Å². The van der Waals surface area contributed by atoms with Crippen molar-refractivity contribution in [1.82, 2.24) is 9.80 Å². The van der Waals surface area contributed by atoms with Gasteiger partial charge in [-0.2, -0.15) is 0 Å². The lowest BCUT2D eigenvalue weighted by molar-refractivity contribution is -0.145. The van der Waals surface area contributed by atoms with Crippen molar-refractivity contribution in [2.45, 2.75) is 74.3 Å². The molecule has 1 spiro atoms. The van der Waals surface area contributed by atoms with Gasteiger partial charge in [0.05, 0.1) is 16.6 Å². The van der Waals surface area contributed by atoms with Crippen LogP contribution in [-0.4, -0.2) is 80.9 Å². The highest BCUT2D eigenvalue weighted by Crippen LogP contribution is 2.71. The predicted molar refractivity (Wildman–Crippen MR) is 180 cm³/mol. The number of benzene rings is 2. The minimum atomic E-state index is -0.673. The Morgan fingerprint density at radius 2 is 1.75 bits per heavy atom. The predicted octanol–water partition coefficient (Wildman–Crippen LogP) is 5.82. The Kier molecular flexibility index (Phi) is 9.90. The lowest BCUT2D eigenvalue weighted by Gasteiger charge is -2.38. The molecule has 44 heavy (non-hydrogen) atoms. The molecular weight excluding hydrogens is 570 g/mol. The van der Waals surface area contributed by atoms with E-state index in [-0.39, 0.29) is 24.3 Å². The number of nitrogens with zero attached hydrogens (tertiary/aromatic N) is 3. The second kappa shape index (κ2) is 13.5. The Hall–Kier alpha value is -3.10. The monoisotopic (exact) mass is 617 g/mol. The third-order valence-electron chi connectivity index (χ3n) is 9.86. The highest BCUT2D eigenvalue weighted by Gasteiger charge is 2.77. The standard InChI is InChI=1S/C36H47N3O4S/c1-5-20-37(21-6-2)32(41)29-30-33(42)39(23-12-8-9-13-24-40)31(36(30)19-18-35(29,4)44-36)34(43)38(22-7-3)28-17-16-26-14-10-11-15-27(26)25-28/h5,7,10-11,14-17,25,29-31,40H,1,3,6,8-9,12-13,18-24H2,2,4H3/t29-,30-,31?,35+,36?/m0/s1. The number of likely N-dealkylation sites (tertiary alicyclic amines) is 1. The fourth-order valence-corrected chi connectivity index (χ4v) is 10.3. The number of carbonyl (C=O) groups excluding carboxylic acids is 3. The molecule has 0 saturated carbocycles. The quantitative estimate of drug-likeness (QED) is 0.201. The van der Waals surface area contributed by atoms with Crippen LogP contribution < -0.4 is 4.90 Å². The first kappa shape index (κ1) is 32.3. The molecular formula is C36H47N3O4S. The molecule has 2 aromatic carbocycles. The lowest BCUT2D eigenvalue weighted by Crippen LogP contribution is -2.55. The van der Waals surface area contributed by atoms with Gasteiger partial charge in [-0.05, 0) is 61.9 Å². The summed E-state index contributed by atoms with van der Waals surface area (Å²) < 4.78 is -1.08. The van der Waals surface area contributed by atoms with Crippen LogP contribution in [0.4, 0.5) is 5.69 Å². The average Bonchev–Trinajstić information content (AvgIpc) is 3.59. The van der Waals surface area contributed by atoms with Crippen LogP contribution in [0.5, 0.6) is 0 Å². The summed E-state index contributed by atoms with van der Waals surface area (Å²) in [6.07, 6.45) is 9.02. The number of hydrogen-bond acceptors (Lipinski definition) is 5. The summed E-state index contributed by atoms with van der Waals surface area (Å²) in [5.74, 6) is -1.19. The third-order valence-corrected chi connectivity index (χ3v) is 11.8. The van der Waals surface area contributed by atoms with E-state index in [2.05, 4.69) is 33.1 Å². The van der Waals surface area contributed by atoms with E-state index >= 15 is 0 Å². The largest absolute Gasteiger partial charge is 0.396 e. The summed E-state index contributed by atoms with van der Waals surface area (Å²) in [6.45, 7) is 14.0. The summed E-state index contributed by atoms with van der Waals surface area (Å²) in [7, 11) is 0. The molecule has 3 amide bonds. The maximum atomic E-state index is 14.9. The molecule has 3 fully saturated rings. The number of anilines is 1. The molecule has 3 aliphatic rings. The number of unbranched alkanes of at least 4 members (excludes halogenated alkanes) is 3. The molecule has 8 heteroatoms. The van der Waals surface area contributed by atoms with Crippen molar-refractivity contribution in [3.8, 4) is 0 Å². The molecule has 5 rings (SSSR count). The number of aliphatic hydroxyl groups excluding tert-OH is 1. The topological polar surface area (TPSA) is 81.2 Å². The van der Waals surface area contributed by atoms with E-state index in [0.29, 0.717) is 26.2 Å². The van der Waals surface area contributed by atoms with E-state index in [9.17, 15) is 19.5 Å². The molecule has 2 aromatic rings. The van der Waals surface area contributed by atoms with Crippen molar-refractivity contribution in [2.24, 2.45) is 11.8 Å². The maximum Gasteiger partial charge on any atom is 0.251 e. The van der Waals surface area contributed by atoms with Crippen LogP contribution in [0.15, 0.2) is 67.8 Å². The number of aliphatic hydroxyl groups is 1. The normalized spacial score (nSPS) is 27.0. The van der Waals surface area contributed by atoms with Crippen molar-refractivity contribution in [1.29, 1.82) is 0 Å². The molecule has 0 aliphatic carbocycles. The number of thioether (sulfide) groups is 1. The van der Waals surface area contributed by atoms with Crippen LogP contribution in [0.25, 0.3) is 10.8 Å². The van der Waals surface area contributed by atoms with E-state index in [0.717, 1.165) is 61.4 Å². The molecule has 3 heterocycles. The summed E-state index contributed by atoms with van der Waals surface area (Å²) in [5.41, 5.74) is 0.778. The summed E-state index contributed by atoms with van der Waals surface area (Å²) >= 11 is 1.72. The van der Waals surface area contributed by atoms with Gasteiger partial charge in [0.25, 0.3) is 5.91 Å². The minimum Gasteiger partial charge on any atom is -0.396 e. The zero-order valence-electron chi connectivity index (χ0n) is 26.2. The van der Waals surface area contributed by atoms with Gasteiger partial charge < -0.3 is 19.8 Å². The number of hydrogen-bond donors (Lipinski definition) is 1. The molecule has 2 bridgehead atoms. The lowest BCUT2D eigenvalue weighted by atomic mass is 9.66. The van der Waals surface area contributed by atoms with Gasteiger partial charge in [0, 0.05) is 43.2 Å². The molecule has 5 atom stereocenters. The van der Waals surface area contributed by atoms with Crippen molar-refractivity contribution < 1.29 is 19.5 Å². The van der Waals surface area contributed by atoms with E-state index in [1.54, 1.807) is 28.8 Å². The van der Waals surface area contributed by atoms with Gasteiger partial charge >= 0.3 is 0 Å². The molecule has 0 radical (unpaired) electrons. The van der Waals surface area contributed by atoms with Crippen molar-refractivity contribution in [2.75, 3.05) is 37.7 Å². The van der Waals surface area contributed by atoms with Gasteiger partial charge in [-0.15, -0.1) is 24.9 Å². The zero-order chi connectivity index (χ0) is 31.5. The smallest absolute Gasteiger partial charge is 0.251 e. The molecule has 1 N–H and O–H groups in total. The SMILES string of the molecule is C=CCN(CCC)C(=O)[C@@H]1[C@H]2C(=O)N(CCCCCCO)C(C(=O)N(CC=C)c3ccc4ccccc4c3)C23CC[C@@]1(C)S3. The van der Waals surface area contributed by atoms with E-state index < -0.39 is 27.4 Å². The fourth-order valence-electron chi connectivity index (χ4n) is 7.93. The van der Waals surface area contributed by atoms with Gasteiger partial charge in [-0.3, -0.25) is 14.4 Å². The Morgan fingerprint density at radius 1 is 1.02 bits per heavy atom. The van der Waals surface area contributed by atoms with Gasteiger partial charge in [-0.1, -0.05) is 62.2 Å². The summed E-state index contributed by atoms with van der Waals surface area (Å²) in [5, 5.41) is 11.4. The van der Waals surface area contributed by atoms with Crippen molar-refractivity contribution in [3.63, 3.8) is 0 Å². The van der Waals surface area contributed by atoms with Gasteiger partial charge in [0.15, 0.2) is 0 Å². The van der Waals surface area contributed by atoms with Crippen LogP contribution in [0, 0.1) is 11.8 Å². The van der Waals surface area contributed by atoms with Crippen LogP contribution in [-0.2, 0) is 14.4 Å². The maximum absolute atomic E-state index is 14.9. The Bertz CT molecular complexity index is 1410. The first-order valence-electron chi connectivity index (χ1n) is 16.2. The van der Waals surface area contributed by atoms with E-state index in [1.165, 1.54) is 0 Å². The van der Waals surface area contributed by atoms with Crippen LogP contribution in [0.1, 0.15) is 58.8 Å². The van der Waals surface area contributed by atoms with Crippen LogP contribution in [0.3, 0.4) is 0 Å². The average molecular weight is 618 g/mol. The molecule has 7 nitrogen and oxygen atoms in total. The number of rotatable bonds is 15. The van der Waals surface area contributed by atoms with E-state index in [4.69, 9.17) is 0 Å². The Morgan fingerprint density at radius 3 is 2.45 bits per heavy atom. The number of carbonyl (C=O) groups is 3. The summed E-state index contributed by atoms with van der Waals surface area (Å²) in [6, 6.07) is 13.4. The van der Waals surface area contributed by atoms with Crippen molar-refractivity contribution >= 4 is 45.9 Å². The zero-order valence-corrected chi connectivity index (χ0v) is 27.1. The van der Waals surface area contributed by atoms with Crippen LogP contribution in [0.2, 0.25) is 0 Å². The molecule has 3 aliphatic heterocycles. The van der Waals surface area contributed by atoms with Gasteiger partial charge in [0.2, 0.25) is 11.8 Å². The number of amides is 3. The van der Waals surface area contributed by atoms with Crippen LogP contribution >= 0.6 is 11.8 Å². The number of fused-ring (bicyclic) bond motifs is 2. The molecule has 2 unspecified atom stereocenters. The summed E-state index contributed by atoms with van der Waals surface area (Å²) in [4.78, 5) is 49.2.